The molecule has 1 aromatic rings. The molecule has 0 aromatic carbocycles. The Balaban J connectivity index is 1.48. The average Bonchev–Trinajstić information content (AvgIpc) is 3.18. The molecule has 150 valence electrons. The maximum Gasteiger partial charge on any atom is 0.165 e. The summed E-state index contributed by atoms with van der Waals surface area (Å²) in [5.74, 6) is 2.07. The van der Waals surface area contributed by atoms with Gasteiger partial charge in [0.1, 0.15) is 0 Å². The Kier molecular flexibility index (Phi) is 4.04. The molecule has 5 rings (SSSR count). The Labute approximate surface area is 167 Å². The van der Waals surface area contributed by atoms with Gasteiger partial charge in [0.25, 0.3) is 0 Å². The van der Waals surface area contributed by atoms with Gasteiger partial charge in [-0.2, -0.15) is 5.10 Å². The van der Waals surface area contributed by atoms with Crippen LogP contribution >= 0.6 is 0 Å². The summed E-state index contributed by atoms with van der Waals surface area (Å²) in [6.45, 7) is 4.67. The summed E-state index contributed by atoms with van der Waals surface area (Å²) in [5.41, 5.74) is 3.54. The summed E-state index contributed by atoms with van der Waals surface area (Å²) in [6.07, 6.45) is 15.2. The molecule has 0 spiro atoms. The summed E-state index contributed by atoms with van der Waals surface area (Å²) >= 11 is 0. The summed E-state index contributed by atoms with van der Waals surface area (Å²) in [4.78, 5) is 13.4. The molecule has 4 aliphatic rings. The van der Waals surface area contributed by atoms with Crippen molar-refractivity contribution in [3.63, 3.8) is 0 Å². The summed E-state index contributed by atoms with van der Waals surface area (Å²) in [5, 5.41) is 14.4. The maximum absolute atomic E-state index is 13.4. The average molecular weight is 381 g/mol. The predicted molar refractivity (Wildman–Crippen MR) is 109 cm³/mol. The highest BCUT2D eigenvalue weighted by Gasteiger charge is 2.59. The molecular weight excluding hydrogens is 348 g/mol. The molecule has 1 aromatic heterocycles. The maximum atomic E-state index is 13.4. The van der Waals surface area contributed by atoms with Crippen LogP contribution in [0.1, 0.15) is 64.4 Å². The minimum absolute atomic E-state index is 0.160. The zero-order valence-electron chi connectivity index (χ0n) is 17.3. The van der Waals surface area contributed by atoms with Gasteiger partial charge < -0.3 is 5.11 Å². The second-order valence-corrected chi connectivity index (χ2v) is 10.3. The van der Waals surface area contributed by atoms with Crippen LogP contribution in [0.4, 0.5) is 0 Å². The molecule has 4 aliphatic carbocycles. The molecule has 4 nitrogen and oxygen atoms in total. The van der Waals surface area contributed by atoms with Crippen molar-refractivity contribution in [2.45, 2.75) is 64.9 Å². The second kappa shape index (κ2) is 6.16. The zero-order valence-corrected chi connectivity index (χ0v) is 17.3. The van der Waals surface area contributed by atoms with Gasteiger partial charge in [-0.15, -0.1) is 0 Å². The molecule has 4 heteroatoms. The number of carbonyl (C=O) groups is 1. The van der Waals surface area contributed by atoms with Crippen LogP contribution in [0.2, 0.25) is 0 Å². The number of carbonyl (C=O) groups excluding carboxylic acids is 1. The quantitative estimate of drug-likeness (QED) is 0.583. The second-order valence-electron chi connectivity index (χ2n) is 10.3. The number of rotatable bonds is 1. The molecule has 0 saturated heterocycles. The van der Waals surface area contributed by atoms with E-state index in [1.807, 2.05) is 19.4 Å². The predicted octanol–water partition coefficient (Wildman–Crippen LogP) is 4.31. The van der Waals surface area contributed by atoms with Gasteiger partial charge >= 0.3 is 0 Å². The smallest absolute Gasteiger partial charge is 0.165 e. The van der Waals surface area contributed by atoms with Gasteiger partial charge in [0.2, 0.25) is 0 Å². The van der Waals surface area contributed by atoms with E-state index in [2.05, 4.69) is 31.1 Å². The number of aryl methyl sites for hydroxylation is 1. The number of aromatic nitrogens is 2. The van der Waals surface area contributed by atoms with E-state index in [1.165, 1.54) is 5.57 Å². The first-order chi connectivity index (χ1) is 13.3. The van der Waals surface area contributed by atoms with Crippen molar-refractivity contribution < 1.29 is 9.90 Å². The van der Waals surface area contributed by atoms with E-state index in [1.54, 1.807) is 4.68 Å². The molecular formula is C24H32N2O2. The normalized spacial score (nSPS) is 44.1. The van der Waals surface area contributed by atoms with Gasteiger partial charge in [0.05, 0.1) is 12.3 Å². The number of aliphatic hydroxyl groups excluding tert-OH is 1. The van der Waals surface area contributed by atoms with Crippen LogP contribution in [0, 0.1) is 28.6 Å². The van der Waals surface area contributed by atoms with Crippen molar-refractivity contribution in [2.75, 3.05) is 0 Å². The lowest BCUT2D eigenvalue weighted by Gasteiger charge is -2.56. The van der Waals surface area contributed by atoms with E-state index in [-0.39, 0.29) is 16.9 Å². The minimum atomic E-state index is -0.203. The minimum Gasteiger partial charge on any atom is -0.393 e. The molecule has 6 atom stereocenters. The number of aliphatic hydroxyl groups is 1. The first-order valence-corrected chi connectivity index (χ1v) is 10.9. The van der Waals surface area contributed by atoms with Crippen molar-refractivity contribution in [3.8, 4) is 0 Å². The molecule has 28 heavy (non-hydrogen) atoms. The summed E-state index contributed by atoms with van der Waals surface area (Å²) in [6, 6.07) is 0. The Morgan fingerprint density at radius 1 is 1.18 bits per heavy atom. The Bertz CT molecular complexity index is 881. The van der Waals surface area contributed by atoms with Gasteiger partial charge in [0.15, 0.2) is 5.78 Å². The van der Waals surface area contributed by atoms with E-state index in [9.17, 15) is 9.90 Å². The van der Waals surface area contributed by atoms with Crippen LogP contribution in [0.25, 0.3) is 6.08 Å². The molecule has 3 saturated carbocycles. The monoisotopic (exact) mass is 380 g/mol. The van der Waals surface area contributed by atoms with Crippen LogP contribution in [0.15, 0.2) is 29.6 Å². The number of hydrogen-bond donors (Lipinski definition) is 1. The molecule has 0 amide bonds. The lowest BCUT2D eigenvalue weighted by molar-refractivity contribution is -0.130. The molecule has 0 bridgehead atoms. The van der Waals surface area contributed by atoms with Crippen LogP contribution in [0.3, 0.4) is 0 Å². The van der Waals surface area contributed by atoms with E-state index < -0.39 is 0 Å². The lowest BCUT2D eigenvalue weighted by Crippen LogP contribution is -2.50. The van der Waals surface area contributed by atoms with Gasteiger partial charge in [-0.05, 0) is 79.8 Å². The third-order valence-electron chi connectivity index (χ3n) is 8.78. The summed E-state index contributed by atoms with van der Waals surface area (Å²) in [7, 11) is 1.91. The molecule has 0 aliphatic heterocycles. The fourth-order valence-electron chi connectivity index (χ4n) is 7.16. The lowest BCUT2D eigenvalue weighted by atomic mass is 9.48. The third kappa shape index (κ3) is 2.53. The van der Waals surface area contributed by atoms with Crippen LogP contribution < -0.4 is 0 Å². The standard InChI is InChI=1S/C24H32N2O2/c1-23-8-6-18(27)12-17(23)4-5-19-20(23)7-9-24(2)21(19)11-16(22(24)28)10-15-13-25-26(3)14-15/h4,10,13-14,18-21,27H,5-9,11-12H2,1-3H3/b16-10-/t18-,19-,20+,21+,23-,24+/m0/s1. The van der Waals surface area contributed by atoms with Crippen LogP contribution in [-0.2, 0) is 11.8 Å². The Hall–Kier alpha value is -1.68. The van der Waals surface area contributed by atoms with Crippen molar-refractivity contribution in [2.24, 2.45) is 35.6 Å². The first kappa shape index (κ1) is 18.4. The number of allylic oxidation sites excluding steroid dienone is 2. The van der Waals surface area contributed by atoms with E-state index in [4.69, 9.17) is 0 Å². The van der Waals surface area contributed by atoms with Gasteiger partial charge in [-0.25, -0.2) is 0 Å². The molecule has 0 unspecified atom stereocenters. The van der Waals surface area contributed by atoms with Gasteiger partial charge in [-0.1, -0.05) is 25.5 Å². The van der Waals surface area contributed by atoms with Gasteiger partial charge in [0, 0.05) is 24.2 Å². The SMILES string of the molecule is Cn1cc(/C=C2/C[C@@H]3[C@H]4CC=C5C[C@@H](O)CC[C@]5(C)[C@@H]4CC[C@@]3(C)C2=O)cn1. The highest BCUT2D eigenvalue weighted by atomic mass is 16.3. The fraction of sp³-hybridized carbons (Fsp3) is 0.667. The topological polar surface area (TPSA) is 55.1 Å². The highest BCUT2D eigenvalue weighted by Crippen LogP contribution is 2.64. The van der Waals surface area contributed by atoms with Crippen molar-refractivity contribution in [1.82, 2.24) is 9.78 Å². The van der Waals surface area contributed by atoms with E-state index in [0.717, 1.165) is 56.1 Å². The molecule has 3 fully saturated rings. The Morgan fingerprint density at radius 2 is 1.96 bits per heavy atom. The van der Waals surface area contributed by atoms with E-state index >= 15 is 0 Å². The largest absolute Gasteiger partial charge is 0.393 e. The number of nitrogens with zero attached hydrogens (tertiary/aromatic N) is 2. The number of fused-ring (bicyclic) bond motifs is 5. The molecule has 1 N–H and O–H groups in total. The number of hydrogen-bond acceptors (Lipinski definition) is 3. The first-order valence-electron chi connectivity index (χ1n) is 10.9. The third-order valence-corrected chi connectivity index (χ3v) is 8.78. The molecule has 0 radical (unpaired) electrons. The Morgan fingerprint density at radius 3 is 2.71 bits per heavy atom. The van der Waals surface area contributed by atoms with Crippen molar-refractivity contribution in [1.29, 1.82) is 0 Å². The number of ketones is 1. The van der Waals surface area contributed by atoms with Gasteiger partial charge in [-0.3, -0.25) is 9.48 Å². The zero-order chi connectivity index (χ0) is 19.7. The highest BCUT2D eigenvalue weighted by molar-refractivity contribution is 6.05. The molecule has 1 heterocycles. The fourth-order valence-corrected chi connectivity index (χ4v) is 7.16. The van der Waals surface area contributed by atoms with Crippen LogP contribution in [0.5, 0.6) is 0 Å². The van der Waals surface area contributed by atoms with Crippen molar-refractivity contribution >= 4 is 11.9 Å². The van der Waals surface area contributed by atoms with Crippen molar-refractivity contribution in [3.05, 3.63) is 35.2 Å². The summed E-state index contributed by atoms with van der Waals surface area (Å²) < 4.78 is 1.79. The van der Waals surface area contributed by atoms with E-state index in [0.29, 0.717) is 23.5 Å². The number of Topliss-reactive ketones (excluding diaryl/α,β-unsaturated/α-hetero) is 1. The van der Waals surface area contributed by atoms with Crippen LogP contribution in [-0.4, -0.2) is 26.8 Å².